The van der Waals surface area contributed by atoms with Gasteiger partial charge in [-0.2, -0.15) is 12.7 Å². The number of anilines is 1. The summed E-state index contributed by atoms with van der Waals surface area (Å²) in [6.07, 6.45) is 0. The van der Waals surface area contributed by atoms with E-state index >= 15 is 0 Å². The predicted molar refractivity (Wildman–Crippen MR) is 89.6 cm³/mol. The molecule has 1 aliphatic rings. The second-order valence-electron chi connectivity index (χ2n) is 5.97. The van der Waals surface area contributed by atoms with Gasteiger partial charge >= 0.3 is 10.2 Å². The Labute approximate surface area is 138 Å². The van der Waals surface area contributed by atoms with E-state index in [2.05, 4.69) is 7.05 Å². The lowest BCUT2D eigenvalue weighted by molar-refractivity contribution is -0.883. The van der Waals surface area contributed by atoms with Crippen LogP contribution in [-0.4, -0.2) is 77.4 Å². The highest BCUT2D eigenvalue weighted by Gasteiger charge is 2.30. The third-order valence-electron chi connectivity index (χ3n) is 4.03. The first-order chi connectivity index (χ1) is 10.8. The van der Waals surface area contributed by atoms with Gasteiger partial charge in [-0.1, -0.05) is 18.2 Å². The lowest BCUT2D eigenvalue weighted by Gasteiger charge is -2.33. The van der Waals surface area contributed by atoms with E-state index in [0.717, 1.165) is 17.4 Å². The van der Waals surface area contributed by atoms with Gasteiger partial charge in [-0.25, -0.2) is 4.31 Å². The molecule has 0 saturated carbocycles. The minimum absolute atomic E-state index is 0.160. The molecule has 2 rings (SSSR count). The van der Waals surface area contributed by atoms with Crippen molar-refractivity contribution in [2.24, 2.45) is 0 Å². The van der Waals surface area contributed by atoms with Crippen molar-refractivity contribution in [2.45, 2.75) is 0 Å². The number of carbonyl (C=O) groups is 1. The Morgan fingerprint density at radius 2 is 1.74 bits per heavy atom. The molecule has 1 heterocycles. The van der Waals surface area contributed by atoms with Gasteiger partial charge in [-0.05, 0) is 12.1 Å². The molecule has 0 aliphatic carbocycles. The summed E-state index contributed by atoms with van der Waals surface area (Å²) in [5, 5.41) is 0. The predicted octanol–water partition coefficient (Wildman–Crippen LogP) is -1.34. The van der Waals surface area contributed by atoms with Crippen molar-refractivity contribution in [3.05, 3.63) is 30.3 Å². The monoisotopic (exact) mass is 341 g/mol. The fraction of sp³-hybridized carbons (Fsp3) is 0.533. The van der Waals surface area contributed by atoms with Gasteiger partial charge in [-0.15, -0.1) is 0 Å². The fourth-order valence-corrected chi connectivity index (χ4v) is 3.51. The average molecular weight is 341 g/mol. The van der Waals surface area contributed by atoms with E-state index in [9.17, 15) is 13.2 Å². The van der Waals surface area contributed by atoms with Crippen molar-refractivity contribution in [3.63, 3.8) is 0 Å². The Bertz CT molecular complexity index is 625. The normalized spacial score (nSPS) is 16.6. The highest BCUT2D eigenvalue weighted by atomic mass is 32.2. The molecule has 0 unspecified atom stereocenters. The van der Waals surface area contributed by atoms with Gasteiger partial charge in [0, 0.05) is 14.1 Å². The largest absolute Gasteiger partial charge is 0.334 e. The van der Waals surface area contributed by atoms with Crippen molar-refractivity contribution >= 4 is 21.8 Å². The van der Waals surface area contributed by atoms with E-state index in [1.165, 1.54) is 23.3 Å². The van der Waals surface area contributed by atoms with Gasteiger partial charge in [0.1, 0.15) is 6.54 Å². The van der Waals surface area contributed by atoms with Crippen molar-refractivity contribution in [1.29, 1.82) is 0 Å². The number of para-hydroxylation sites is 1. The molecule has 23 heavy (non-hydrogen) atoms. The van der Waals surface area contributed by atoms with E-state index in [0.29, 0.717) is 18.8 Å². The second kappa shape index (κ2) is 7.29. The third-order valence-corrected chi connectivity index (χ3v) is 5.85. The number of amides is 1. The summed E-state index contributed by atoms with van der Waals surface area (Å²) in [4.78, 5) is 15.7. The molecule has 1 amide bonds. The van der Waals surface area contributed by atoms with Gasteiger partial charge < -0.3 is 9.80 Å². The lowest BCUT2D eigenvalue weighted by atomic mass is 10.3. The summed E-state index contributed by atoms with van der Waals surface area (Å²) in [5.41, 5.74) is 0.495. The quantitative estimate of drug-likeness (QED) is 0.721. The summed E-state index contributed by atoms with van der Waals surface area (Å²) in [5.74, 6) is -0.160. The molecule has 0 aromatic heterocycles. The SMILES string of the molecule is CN(C)S(=O)(=O)N(CC(=O)N1CC[NH+](C)CC1)c1ccccc1. The summed E-state index contributed by atoms with van der Waals surface area (Å²) in [6, 6.07) is 8.73. The summed E-state index contributed by atoms with van der Waals surface area (Å²) < 4.78 is 27.5. The number of quaternary nitrogens is 1. The van der Waals surface area contributed by atoms with Crippen molar-refractivity contribution in [3.8, 4) is 0 Å². The van der Waals surface area contributed by atoms with Gasteiger partial charge in [0.25, 0.3) is 0 Å². The molecule has 7 nitrogen and oxygen atoms in total. The van der Waals surface area contributed by atoms with Crippen LogP contribution in [0.15, 0.2) is 30.3 Å². The molecule has 128 valence electrons. The number of hydrogen-bond donors (Lipinski definition) is 1. The maximum absolute atomic E-state index is 12.6. The maximum atomic E-state index is 12.6. The van der Waals surface area contributed by atoms with E-state index in [1.54, 1.807) is 29.2 Å². The van der Waals surface area contributed by atoms with Crippen LogP contribution < -0.4 is 9.21 Å². The zero-order valence-electron chi connectivity index (χ0n) is 13.9. The molecule has 0 radical (unpaired) electrons. The number of carbonyl (C=O) groups excluding carboxylic acids is 1. The van der Waals surface area contributed by atoms with E-state index in [-0.39, 0.29) is 12.5 Å². The third kappa shape index (κ3) is 4.21. The van der Waals surface area contributed by atoms with Gasteiger partial charge in [-0.3, -0.25) is 4.79 Å². The number of nitrogens with zero attached hydrogens (tertiary/aromatic N) is 3. The minimum atomic E-state index is -3.72. The number of likely N-dealkylation sites (N-methyl/N-ethyl adjacent to an activating group) is 1. The second-order valence-corrected chi connectivity index (χ2v) is 8.04. The zero-order chi connectivity index (χ0) is 17.0. The molecule has 1 aromatic rings. The van der Waals surface area contributed by atoms with Crippen LogP contribution in [0.5, 0.6) is 0 Å². The number of piperazine rings is 1. The molecular formula is C15H25N4O3S+. The van der Waals surface area contributed by atoms with E-state index in [1.807, 2.05) is 6.07 Å². The summed E-state index contributed by atoms with van der Waals surface area (Å²) in [7, 11) is 1.30. The molecule has 0 spiro atoms. The molecule has 1 fully saturated rings. The average Bonchev–Trinajstić information content (AvgIpc) is 2.53. The van der Waals surface area contributed by atoms with Crippen LogP contribution in [-0.2, 0) is 15.0 Å². The van der Waals surface area contributed by atoms with E-state index in [4.69, 9.17) is 0 Å². The Morgan fingerprint density at radius 1 is 1.17 bits per heavy atom. The topological polar surface area (TPSA) is 65.4 Å². The maximum Gasteiger partial charge on any atom is 0.304 e. The number of rotatable bonds is 5. The minimum Gasteiger partial charge on any atom is -0.334 e. The summed E-state index contributed by atoms with van der Waals surface area (Å²) >= 11 is 0. The van der Waals surface area contributed by atoms with Gasteiger partial charge in [0.05, 0.1) is 38.9 Å². The highest BCUT2D eigenvalue weighted by Crippen LogP contribution is 2.19. The molecule has 1 N–H and O–H groups in total. The smallest absolute Gasteiger partial charge is 0.304 e. The number of hydrogen-bond acceptors (Lipinski definition) is 3. The fourth-order valence-electron chi connectivity index (χ4n) is 2.46. The number of benzene rings is 1. The van der Waals surface area contributed by atoms with Crippen LogP contribution in [0.4, 0.5) is 5.69 Å². The van der Waals surface area contributed by atoms with Crippen molar-refractivity contribution < 1.29 is 18.1 Å². The standard InChI is InChI=1S/C15H24N4O3S/c1-16(2)23(21,22)19(14-7-5-4-6-8-14)13-15(20)18-11-9-17(3)10-12-18/h4-8H,9-13H2,1-3H3/p+1. The van der Waals surface area contributed by atoms with Crippen molar-refractivity contribution in [2.75, 3.05) is 58.2 Å². The molecule has 1 aromatic carbocycles. The molecule has 1 saturated heterocycles. The first-order valence-electron chi connectivity index (χ1n) is 7.66. The molecule has 0 atom stereocenters. The van der Waals surface area contributed by atoms with Crippen LogP contribution in [0, 0.1) is 0 Å². The Kier molecular flexibility index (Phi) is 5.61. The lowest BCUT2D eigenvalue weighted by Crippen LogP contribution is -3.12. The first kappa shape index (κ1) is 17.7. The van der Waals surface area contributed by atoms with Crippen LogP contribution in [0.2, 0.25) is 0 Å². The zero-order valence-corrected chi connectivity index (χ0v) is 14.7. The summed E-state index contributed by atoms with van der Waals surface area (Å²) in [6.45, 7) is 2.92. The van der Waals surface area contributed by atoms with Crippen LogP contribution in [0.25, 0.3) is 0 Å². The number of nitrogens with one attached hydrogen (secondary N) is 1. The Balaban J connectivity index is 2.20. The Hall–Kier alpha value is -1.64. The molecule has 0 bridgehead atoms. The van der Waals surface area contributed by atoms with Gasteiger partial charge in [0.15, 0.2) is 0 Å². The van der Waals surface area contributed by atoms with Crippen LogP contribution >= 0.6 is 0 Å². The molecule has 1 aliphatic heterocycles. The van der Waals surface area contributed by atoms with E-state index < -0.39 is 10.2 Å². The highest BCUT2D eigenvalue weighted by molar-refractivity contribution is 7.90. The van der Waals surface area contributed by atoms with Crippen molar-refractivity contribution in [1.82, 2.24) is 9.21 Å². The van der Waals surface area contributed by atoms with Crippen LogP contribution in [0.1, 0.15) is 0 Å². The van der Waals surface area contributed by atoms with Gasteiger partial charge in [0.2, 0.25) is 5.91 Å². The Morgan fingerprint density at radius 3 is 2.26 bits per heavy atom. The molecular weight excluding hydrogens is 316 g/mol. The van der Waals surface area contributed by atoms with Crippen LogP contribution in [0.3, 0.4) is 0 Å². The first-order valence-corrected chi connectivity index (χ1v) is 9.06. The molecule has 8 heteroatoms.